The van der Waals surface area contributed by atoms with Gasteiger partial charge < -0.3 is 14.3 Å². The second-order valence-electron chi connectivity index (χ2n) is 9.47. The minimum atomic E-state index is -3.61. The molecule has 32 heavy (non-hydrogen) atoms. The third kappa shape index (κ3) is 5.14. The molecule has 0 N–H and O–H groups in total. The Morgan fingerprint density at radius 3 is 2.47 bits per heavy atom. The molecule has 0 aromatic heterocycles. The van der Waals surface area contributed by atoms with Crippen LogP contribution in [-0.4, -0.2) is 44.0 Å². The van der Waals surface area contributed by atoms with E-state index in [1.165, 1.54) is 0 Å². The average molecular weight is 473 g/mol. The van der Waals surface area contributed by atoms with E-state index in [4.69, 9.17) is 23.0 Å². The molecule has 2 aliphatic carbocycles. The van der Waals surface area contributed by atoms with Crippen molar-refractivity contribution >= 4 is 20.3 Å². The molecule has 0 aromatic carbocycles. The van der Waals surface area contributed by atoms with E-state index in [1.54, 1.807) is 13.8 Å². The first kappa shape index (κ1) is 25.4. The van der Waals surface area contributed by atoms with Gasteiger partial charge >= 0.3 is 14.0 Å². The highest BCUT2D eigenvalue weighted by molar-refractivity contribution is 7.48. The van der Waals surface area contributed by atoms with Crippen LogP contribution in [-0.2, 0) is 32.4 Å². The van der Waals surface area contributed by atoms with E-state index in [9.17, 15) is 14.2 Å². The van der Waals surface area contributed by atoms with E-state index in [1.807, 2.05) is 19.9 Å². The zero-order valence-corrected chi connectivity index (χ0v) is 20.6. The van der Waals surface area contributed by atoms with E-state index >= 15 is 0 Å². The molecule has 1 saturated heterocycles. The van der Waals surface area contributed by atoms with Crippen LogP contribution in [0, 0.1) is 17.3 Å². The maximum atomic E-state index is 12.7. The van der Waals surface area contributed by atoms with Crippen LogP contribution in [0.3, 0.4) is 0 Å². The molecule has 9 heteroatoms. The van der Waals surface area contributed by atoms with Gasteiger partial charge in [0, 0.05) is 17.8 Å². The van der Waals surface area contributed by atoms with Gasteiger partial charge in [-0.1, -0.05) is 32.8 Å². The second kappa shape index (κ2) is 10.4. The summed E-state index contributed by atoms with van der Waals surface area (Å²) in [7, 11) is -3.61. The Labute approximate surface area is 191 Å². The molecule has 8 nitrogen and oxygen atoms in total. The van der Waals surface area contributed by atoms with Gasteiger partial charge in [0.1, 0.15) is 12.4 Å². The highest BCUT2D eigenvalue weighted by Gasteiger charge is 2.63. The fraction of sp³-hybridized carbons (Fsp3) is 0.826. The van der Waals surface area contributed by atoms with Crippen molar-refractivity contribution in [3.63, 3.8) is 0 Å². The number of ether oxygens (including phenoxy) is 2. The molecular weight excluding hydrogens is 435 g/mol. The van der Waals surface area contributed by atoms with Crippen molar-refractivity contribution < 1.29 is 37.2 Å². The molecule has 4 atom stereocenters. The van der Waals surface area contributed by atoms with Crippen molar-refractivity contribution in [1.82, 2.24) is 0 Å². The minimum Gasteiger partial charge on any atom is -0.426 e. The lowest BCUT2D eigenvalue weighted by molar-refractivity contribution is -0.112. The number of carbonyl (C=O) groups excluding carboxylic acids is 2. The van der Waals surface area contributed by atoms with Gasteiger partial charge in [0.25, 0.3) is 0 Å². The van der Waals surface area contributed by atoms with Crippen LogP contribution in [0.15, 0.2) is 11.6 Å². The Balaban J connectivity index is 1.81. The number of hydrogen-bond donors (Lipinski definition) is 0. The lowest BCUT2D eigenvalue weighted by atomic mass is 9.59. The lowest BCUT2D eigenvalue weighted by Crippen LogP contribution is -2.57. The van der Waals surface area contributed by atoms with Crippen LogP contribution in [0.25, 0.3) is 0 Å². The molecule has 3 aliphatic rings. The summed E-state index contributed by atoms with van der Waals surface area (Å²) in [5, 5.41) is 0. The van der Waals surface area contributed by atoms with Gasteiger partial charge in [-0.2, -0.15) is 0 Å². The quantitative estimate of drug-likeness (QED) is 0.175. The molecule has 1 spiro atoms. The van der Waals surface area contributed by atoms with E-state index in [0.717, 1.165) is 37.5 Å². The zero-order chi connectivity index (χ0) is 23.4. The Kier molecular flexibility index (Phi) is 8.24. The zero-order valence-electron chi connectivity index (χ0n) is 19.7. The number of phosphoric acid groups is 1. The summed E-state index contributed by atoms with van der Waals surface area (Å²) < 4.78 is 40.4. The minimum absolute atomic E-state index is 0.0991. The Bertz CT molecular complexity index is 753. The fourth-order valence-electron chi connectivity index (χ4n) is 5.68. The first-order valence-corrected chi connectivity index (χ1v) is 13.2. The normalized spacial score (nSPS) is 32.3. The topological polar surface area (TPSA) is 97.4 Å². The molecule has 1 aliphatic heterocycles. The summed E-state index contributed by atoms with van der Waals surface area (Å²) in [6.07, 6.45) is 7.69. The number of rotatable bonds is 10. The molecule has 0 bridgehead atoms. The molecule has 0 unspecified atom stereocenters. The molecular formula is C23H37O8P. The molecule has 3 rings (SSSR count). The van der Waals surface area contributed by atoms with Gasteiger partial charge in [-0.25, -0.2) is 9.36 Å². The number of cyclic esters (lactones) is 1. The summed E-state index contributed by atoms with van der Waals surface area (Å²) in [5.74, 6) is 0.299. The molecule has 0 amide bonds. The predicted molar refractivity (Wildman–Crippen MR) is 118 cm³/mol. The first-order valence-electron chi connectivity index (χ1n) is 11.8. The maximum absolute atomic E-state index is 12.7. The van der Waals surface area contributed by atoms with E-state index in [-0.39, 0.29) is 31.7 Å². The van der Waals surface area contributed by atoms with Crippen LogP contribution in [0.1, 0.15) is 72.6 Å². The van der Waals surface area contributed by atoms with Crippen LogP contribution in [0.2, 0.25) is 0 Å². The standard InChI is InChI=1S/C23H37O8P/c1-5-27-32(26,28-6-2)29-16-17-11-13-23(22(3,4)15-17)20(30-21(25)31-23)19-10-8-7-9-18(19)12-14-24/h14-15,18-20H,5-13,16H2,1-4H3/t18-,19+,20-,23+/m0/s1. The fourth-order valence-corrected chi connectivity index (χ4v) is 6.86. The number of hydrogen-bond acceptors (Lipinski definition) is 8. The second-order valence-corrected chi connectivity index (χ2v) is 11.1. The molecule has 182 valence electrons. The largest absolute Gasteiger partial charge is 0.509 e. The van der Waals surface area contributed by atoms with Crippen molar-refractivity contribution in [2.24, 2.45) is 17.3 Å². The molecule has 0 aromatic rings. The van der Waals surface area contributed by atoms with Crippen molar-refractivity contribution in [1.29, 1.82) is 0 Å². The average Bonchev–Trinajstić information content (AvgIpc) is 3.08. The van der Waals surface area contributed by atoms with Crippen molar-refractivity contribution in [2.75, 3.05) is 19.8 Å². The van der Waals surface area contributed by atoms with Crippen molar-refractivity contribution in [3.8, 4) is 0 Å². The van der Waals surface area contributed by atoms with Gasteiger partial charge in [0.15, 0.2) is 5.60 Å². The van der Waals surface area contributed by atoms with E-state index in [2.05, 4.69) is 0 Å². The lowest BCUT2D eigenvalue weighted by Gasteiger charge is -2.49. The summed E-state index contributed by atoms with van der Waals surface area (Å²) in [6.45, 7) is 8.10. The third-order valence-electron chi connectivity index (χ3n) is 7.16. The predicted octanol–water partition coefficient (Wildman–Crippen LogP) is 5.60. The first-order chi connectivity index (χ1) is 15.2. The monoisotopic (exact) mass is 472 g/mol. The summed E-state index contributed by atoms with van der Waals surface area (Å²) >= 11 is 0. The van der Waals surface area contributed by atoms with Gasteiger partial charge in [-0.15, -0.1) is 0 Å². The number of aldehydes is 1. The SMILES string of the molecule is CCOP(=O)(OCC)OCC1=CC(C)(C)[C@]2(CC1)OC(=O)O[C@H]2[C@@H]1CCCC[C@H]1CC=O. The van der Waals surface area contributed by atoms with Gasteiger partial charge in [0.2, 0.25) is 0 Å². The molecule has 2 fully saturated rings. The van der Waals surface area contributed by atoms with Gasteiger partial charge in [-0.3, -0.25) is 13.6 Å². The van der Waals surface area contributed by atoms with E-state index in [0.29, 0.717) is 19.3 Å². The number of carbonyl (C=O) groups is 2. The third-order valence-corrected chi connectivity index (χ3v) is 8.75. The van der Waals surface area contributed by atoms with Crippen molar-refractivity contribution in [2.45, 2.75) is 84.3 Å². The Morgan fingerprint density at radius 1 is 1.16 bits per heavy atom. The maximum Gasteiger partial charge on any atom is 0.509 e. The molecule has 1 saturated carbocycles. The van der Waals surface area contributed by atoms with Gasteiger partial charge in [0.05, 0.1) is 19.8 Å². The van der Waals surface area contributed by atoms with Gasteiger partial charge in [-0.05, 0) is 51.0 Å². The Morgan fingerprint density at radius 2 is 1.84 bits per heavy atom. The van der Waals surface area contributed by atoms with Crippen LogP contribution in [0.5, 0.6) is 0 Å². The summed E-state index contributed by atoms with van der Waals surface area (Å²) in [5.41, 5.74) is -0.388. The van der Waals surface area contributed by atoms with Crippen LogP contribution >= 0.6 is 7.82 Å². The highest BCUT2D eigenvalue weighted by atomic mass is 31.2. The van der Waals surface area contributed by atoms with E-state index < -0.39 is 31.1 Å². The summed E-state index contributed by atoms with van der Waals surface area (Å²) in [6, 6.07) is 0. The number of phosphoric ester groups is 1. The Hall–Kier alpha value is -1.21. The molecule has 0 radical (unpaired) electrons. The highest BCUT2D eigenvalue weighted by Crippen LogP contribution is 2.56. The van der Waals surface area contributed by atoms with Crippen molar-refractivity contribution in [3.05, 3.63) is 11.6 Å². The van der Waals surface area contributed by atoms with Crippen LogP contribution < -0.4 is 0 Å². The molecule has 1 heterocycles. The van der Waals surface area contributed by atoms with Crippen LogP contribution in [0.4, 0.5) is 4.79 Å². The smallest absolute Gasteiger partial charge is 0.426 e. The summed E-state index contributed by atoms with van der Waals surface area (Å²) in [4.78, 5) is 23.7.